The van der Waals surface area contributed by atoms with E-state index in [0.29, 0.717) is 11.6 Å². The minimum Gasteiger partial charge on any atom is -0.478 e. The van der Waals surface area contributed by atoms with E-state index in [2.05, 4.69) is 9.78 Å². The number of carboxylic acids is 1. The maximum absolute atomic E-state index is 11.2. The highest BCUT2D eigenvalue weighted by Crippen LogP contribution is 2.29. The minimum atomic E-state index is -0.881. The number of carboxylic acid groups (broad SMARTS) is 1. The minimum absolute atomic E-state index is 0.359. The quantitative estimate of drug-likeness (QED) is 0.924. The van der Waals surface area contributed by atoms with Gasteiger partial charge in [0, 0.05) is 11.8 Å². The molecule has 0 spiro atoms. The standard InChI is InChI=1S/C17H20N2O2/c1-12-7-8-13(9-16(12)17(20)21)14-10-18-19(11-14)15-5-3-2-4-6-15/h7-11,15H,2-6H2,1H3,(H,20,21). The van der Waals surface area contributed by atoms with E-state index < -0.39 is 5.97 Å². The van der Waals surface area contributed by atoms with E-state index in [-0.39, 0.29) is 0 Å². The first-order chi connectivity index (χ1) is 10.1. The van der Waals surface area contributed by atoms with Gasteiger partial charge in [-0.1, -0.05) is 31.4 Å². The Morgan fingerprint density at radius 1 is 1.24 bits per heavy atom. The fourth-order valence-electron chi connectivity index (χ4n) is 3.06. The topological polar surface area (TPSA) is 55.1 Å². The summed E-state index contributed by atoms with van der Waals surface area (Å²) in [7, 11) is 0. The van der Waals surface area contributed by atoms with Crippen molar-refractivity contribution in [3.63, 3.8) is 0 Å². The molecule has 0 radical (unpaired) electrons. The molecule has 1 aliphatic rings. The lowest BCUT2D eigenvalue weighted by atomic mass is 9.96. The van der Waals surface area contributed by atoms with Crippen molar-refractivity contribution in [3.05, 3.63) is 41.7 Å². The largest absolute Gasteiger partial charge is 0.478 e. The second kappa shape index (κ2) is 5.72. The zero-order valence-corrected chi connectivity index (χ0v) is 12.2. The van der Waals surface area contributed by atoms with E-state index in [1.165, 1.54) is 32.1 Å². The summed E-state index contributed by atoms with van der Waals surface area (Å²) in [5, 5.41) is 13.7. The highest BCUT2D eigenvalue weighted by atomic mass is 16.4. The van der Waals surface area contributed by atoms with Gasteiger partial charge in [-0.2, -0.15) is 5.10 Å². The molecular weight excluding hydrogens is 264 g/mol. The first-order valence-corrected chi connectivity index (χ1v) is 7.53. The Morgan fingerprint density at radius 3 is 2.71 bits per heavy atom. The third-order valence-electron chi connectivity index (χ3n) is 4.35. The van der Waals surface area contributed by atoms with Crippen LogP contribution in [0.3, 0.4) is 0 Å². The number of hydrogen-bond donors (Lipinski definition) is 1. The van der Waals surface area contributed by atoms with Gasteiger partial charge in [-0.15, -0.1) is 0 Å². The third kappa shape index (κ3) is 2.84. The Bertz CT molecular complexity index is 655. The Labute approximate surface area is 124 Å². The van der Waals surface area contributed by atoms with E-state index in [1.54, 1.807) is 6.07 Å². The van der Waals surface area contributed by atoms with E-state index >= 15 is 0 Å². The first-order valence-electron chi connectivity index (χ1n) is 7.53. The molecule has 2 aromatic rings. The van der Waals surface area contributed by atoms with Crippen molar-refractivity contribution in [1.29, 1.82) is 0 Å². The first kappa shape index (κ1) is 13.9. The van der Waals surface area contributed by atoms with Gasteiger partial charge >= 0.3 is 5.97 Å². The van der Waals surface area contributed by atoms with E-state index in [0.717, 1.165) is 16.7 Å². The number of aromatic nitrogens is 2. The van der Waals surface area contributed by atoms with Gasteiger partial charge in [0.25, 0.3) is 0 Å². The number of hydrogen-bond acceptors (Lipinski definition) is 2. The molecule has 0 amide bonds. The molecule has 4 heteroatoms. The number of aryl methyl sites for hydroxylation is 1. The zero-order valence-electron chi connectivity index (χ0n) is 12.2. The fourth-order valence-corrected chi connectivity index (χ4v) is 3.06. The van der Waals surface area contributed by atoms with Crippen LogP contribution in [0.15, 0.2) is 30.6 Å². The highest BCUT2D eigenvalue weighted by molar-refractivity contribution is 5.91. The van der Waals surface area contributed by atoms with Crippen LogP contribution in [0.1, 0.15) is 54.1 Å². The van der Waals surface area contributed by atoms with Crippen molar-refractivity contribution in [2.75, 3.05) is 0 Å². The molecule has 1 fully saturated rings. The Hall–Kier alpha value is -2.10. The van der Waals surface area contributed by atoms with Crippen molar-refractivity contribution < 1.29 is 9.90 Å². The molecule has 1 aromatic carbocycles. The molecule has 0 atom stereocenters. The van der Waals surface area contributed by atoms with Crippen molar-refractivity contribution >= 4 is 5.97 Å². The molecule has 3 rings (SSSR count). The van der Waals surface area contributed by atoms with Gasteiger partial charge in [0.05, 0.1) is 17.8 Å². The molecular formula is C17H20N2O2. The van der Waals surface area contributed by atoms with Crippen LogP contribution in [0.25, 0.3) is 11.1 Å². The summed E-state index contributed by atoms with van der Waals surface area (Å²) in [4.78, 5) is 11.2. The number of nitrogens with zero attached hydrogens (tertiary/aromatic N) is 2. The van der Waals surface area contributed by atoms with Gasteiger partial charge in [0.1, 0.15) is 0 Å². The number of benzene rings is 1. The van der Waals surface area contributed by atoms with Gasteiger partial charge in [-0.05, 0) is 37.0 Å². The summed E-state index contributed by atoms with van der Waals surface area (Å²) < 4.78 is 2.05. The predicted octanol–water partition coefficient (Wildman–Crippen LogP) is 4.06. The predicted molar refractivity (Wildman–Crippen MR) is 81.5 cm³/mol. The van der Waals surface area contributed by atoms with Gasteiger partial charge in [-0.3, -0.25) is 4.68 Å². The van der Waals surface area contributed by atoms with Gasteiger partial charge in [-0.25, -0.2) is 4.79 Å². The van der Waals surface area contributed by atoms with Crippen LogP contribution in [0.2, 0.25) is 0 Å². The molecule has 1 saturated carbocycles. The van der Waals surface area contributed by atoms with Gasteiger partial charge in [0.2, 0.25) is 0 Å². The van der Waals surface area contributed by atoms with E-state index in [1.807, 2.05) is 31.5 Å². The molecule has 4 nitrogen and oxygen atoms in total. The average molecular weight is 284 g/mol. The van der Waals surface area contributed by atoms with Crippen LogP contribution >= 0.6 is 0 Å². The fraction of sp³-hybridized carbons (Fsp3) is 0.412. The summed E-state index contributed by atoms with van der Waals surface area (Å²) >= 11 is 0. The van der Waals surface area contributed by atoms with Gasteiger partial charge < -0.3 is 5.11 Å². The van der Waals surface area contributed by atoms with Crippen LogP contribution in [0.4, 0.5) is 0 Å². The molecule has 21 heavy (non-hydrogen) atoms. The Morgan fingerprint density at radius 2 is 2.00 bits per heavy atom. The van der Waals surface area contributed by atoms with Crippen molar-refractivity contribution in [2.45, 2.75) is 45.1 Å². The normalized spacial score (nSPS) is 16.0. The van der Waals surface area contributed by atoms with E-state index in [9.17, 15) is 9.90 Å². The summed E-state index contributed by atoms with van der Waals surface area (Å²) in [6, 6.07) is 6.05. The maximum Gasteiger partial charge on any atom is 0.335 e. The van der Waals surface area contributed by atoms with Crippen LogP contribution in [0, 0.1) is 6.92 Å². The number of carbonyl (C=O) groups is 1. The average Bonchev–Trinajstić information content (AvgIpc) is 2.98. The van der Waals surface area contributed by atoms with Crippen LogP contribution in [0.5, 0.6) is 0 Å². The third-order valence-corrected chi connectivity index (χ3v) is 4.35. The van der Waals surface area contributed by atoms with Crippen LogP contribution < -0.4 is 0 Å². The van der Waals surface area contributed by atoms with E-state index in [4.69, 9.17) is 0 Å². The molecule has 1 N–H and O–H groups in total. The molecule has 0 unspecified atom stereocenters. The second-order valence-corrected chi connectivity index (χ2v) is 5.84. The number of aromatic carboxylic acids is 1. The summed E-state index contributed by atoms with van der Waals surface area (Å²) in [6.07, 6.45) is 10.1. The van der Waals surface area contributed by atoms with Crippen LogP contribution in [-0.4, -0.2) is 20.9 Å². The molecule has 1 aliphatic carbocycles. The smallest absolute Gasteiger partial charge is 0.335 e. The lowest BCUT2D eigenvalue weighted by molar-refractivity contribution is 0.0696. The lowest BCUT2D eigenvalue weighted by Gasteiger charge is -2.21. The number of rotatable bonds is 3. The molecule has 1 aromatic heterocycles. The molecule has 110 valence electrons. The summed E-state index contributed by atoms with van der Waals surface area (Å²) in [6.45, 7) is 1.82. The lowest BCUT2D eigenvalue weighted by Crippen LogP contribution is -2.12. The van der Waals surface area contributed by atoms with Gasteiger partial charge in [0.15, 0.2) is 0 Å². The maximum atomic E-state index is 11.2. The van der Waals surface area contributed by atoms with Crippen molar-refractivity contribution in [2.24, 2.45) is 0 Å². The summed E-state index contributed by atoms with van der Waals surface area (Å²) in [5.74, 6) is -0.881. The Kier molecular flexibility index (Phi) is 3.78. The monoisotopic (exact) mass is 284 g/mol. The van der Waals surface area contributed by atoms with Crippen LogP contribution in [-0.2, 0) is 0 Å². The van der Waals surface area contributed by atoms with Crippen molar-refractivity contribution in [3.8, 4) is 11.1 Å². The summed E-state index contributed by atoms with van der Waals surface area (Å²) in [5.41, 5.74) is 3.05. The SMILES string of the molecule is Cc1ccc(-c2cnn(C3CCCCC3)c2)cc1C(=O)O. The van der Waals surface area contributed by atoms with Crippen molar-refractivity contribution in [1.82, 2.24) is 9.78 Å². The molecule has 0 saturated heterocycles. The Balaban J connectivity index is 1.89. The molecule has 0 aliphatic heterocycles. The molecule has 0 bridgehead atoms. The highest BCUT2D eigenvalue weighted by Gasteiger charge is 2.17. The zero-order chi connectivity index (χ0) is 14.8. The molecule has 1 heterocycles. The second-order valence-electron chi connectivity index (χ2n) is 5.84.